The van der Waals surface area contributed by atoms with Crippen molar-refractivity contribution in [1.82, 2.24) is 14.5 Å². The van der Waals surface area contributed by atoms with Gasteiger partial charge in [0.25, 0.3) is 5.91 Å². The molecule has 1 N–H and O–H groups in total. The number of aromatic nitrogens is 2. The Bertz CT molecular complexity index is 1130. The molecule has 1 fully saturated rings. The highest BCUT2D eigenvalue weighted by Crippen LogP contribution is 2.20. The molecule has 8 heteroatoms. The SMILES string of the molecule is CCn1c(=O)c(=O)[nH]c2cc(C(=O)N(Cc3cccs3)CC3CCCO3)ccc21. The van der Waals surface area contributed by atoms with E-state index >= 15 is 0 Å². The molecule has 0 aliphatic carbocycles. The summed E-state index contributed by atoms with van der Waals surface area (Å²) in [5.74, 6) is -0.120. The number of nitrogens with one attached hydrogen (secondary N) is 1. The Hall–Kier alpha value is -2.71. The summed E-state index contributed by atoms with van der Waals surface area (Å²) in [7, 11) is 0. The van der Waals surface area contributed by atoms with Gasteiger partial charge >= 0.3 is 11.1 Å². The molecular formula is C21H23N3O4S. The first kappa shape index (κ1) is 19.6. The number of rotatable bonds is 6. The Kier molecular flexibility index (Phi) is 5.64. The van der Waals surface area contributed by atoms with E-state index in [2.05, 4.69) is 4.98 Å². The maximum Gasteiger partial charge on any atom is 0.316 e. The highest BCUT2D eigenvalue weighted by Gasteiger charge is 2.24. The first-order chi connectivity index (χ1) is 14.1. The summed E-state index contributed by atoms with van der Waals surface area (Å²) in [6, 6.07) is 9.07. The molecule has 0 spiro atoms. The highest BCUT2D eigenvalue weighted by atomic mass is 32.1. The number of hydrogen-bond donors (Lipinski definition) is 1. The smallest absolute Gasteiger partial charge is 0.316 e. The first-order valence-electron chi connectivity index (χ1n) is 9.77. The van der Waals surface area contributed by atoms with Crippen LogP contribution in [-0.2, 0) is 17.8 Å². The molecule has 1 saturated heterocycles. The third-order valence-corrected chi connectivity index (χ3v) is 6.06. The molecule has 0 radical (unpaired) electrons. The van der Waals surface area contributed by atoms with Gasteiger partial charge in [-0.05, 0) is 49.4 Å². The van der Waals surface area contributed by atoms with E-state index in [1.54, 1.807) is 34.4 Å². The molecule has 0 saturated carbocycles. The van der Waals surface area contributed by atoms with Crippen LogP contribution < -0.4 is 11.1 Å². The van der Waals surface area contributed by atoms with Crippen molar-refractivity contribution >= 4 is 28.3 Å². The summed E-state index contributed by atoms with van der Waals surface area (Å²) in [5.41, 5.74) is 0.299. The van der Waals surface area contributed by atoms with Crippen molar-refractivity contribution in [2.75, 3.05) is 13.2 Å². The number of H-pyrrole nitrogens is 1. The zero-order valence-corrected chi connectivity index (χ0v) is 17.0. The Labute approximate surface area is 171 Å². The number of aromatic amines is 1. The van der Waals surface area contributed by atoms with E-state index in [0.29, 0.717) is 36.2 Å². The third-order valence-electron chi connectivity index (χ3n) is 5.20. The Balaban J connectivity index is 1.68. The van der Waals surface area contributed by atoms with Crippen LogP contribution in [0.3, 0.4) is 0 Å². The fourth-order valence-corrected chi connectivity index (χ4v) is 4.47. The molecule has 1 unspecified atom stereocenters. The van der Waals surface area contributed by atoms with Gasteiger partial charge in [-0.15, -0.1) is 11.3 Å². The Morgan fingerprint density at radius 3 is 2.90 bits per heavy atom. The number of aryl methyl sites for hydroxylation is 1. The normalized spacial score (nSPS) is 16.4. The van der Waals surface area contributed by atoms with E-state index in [1.807, 2.05) is 24.4 Å². The van der Waals surface area contributed by atoms with Crippen LogP contribution in [0.5, 0.6) is 0 Å². The maximum absolute atomic E-state index is 13.3. The van der Waals surface area contributed by atoms with E-state index in [0.717, 1.165) is 24.3 Å². The van der Waals surface area contributed by atoms with E-state index in [9.17, 15) is 14.4 Å². The lowest BCUT2D eigenvalue weighted by Gasteiger charge is -2.25. The number of carbonyl (C=O) groups excluding carboxylic acids is 1. The molecule has 29 heavy (non-hydrogen) atoms. The first-order valence-corrected chi connectivity index (χ1v) is 10.6. The molecular weight excluding hydrogens is 390 g/mol. The molecule has 4 rings (SSSR count). The minimum atomic E-state index is -0.682. The van der Waals surface area contributed by atoms with Crippen molar-refractivity contribution in [3.05, 3.63) is 66.9 Å². The summed E-state index contributed by atoms with van der Waals surface area (Å²) >= 11 is 1.61. The lowest BCUT2D eigenvalue weighted by molar-refractivity contribution is 0.0510. The van der Waals surface area contributed by atoms with Gasteiger partial charge < -0.3 is 19.2 Å². The quantitative estimate of drug-likeness (QED) is 0.630. The molecule has 1 aliphatic rings. The number of nitrogens with zero attached hydrogens (tertiary/aromatic N) is 2. The van der Waals surface area contributed by atoms with Crippen LogP contribution in [0.1, 0.15) is 35.0 Å². The van der Waals surface area contributed by atoms with Gasteiger partial charge in [-0.1, -0.05) is 6.07 Å². The van der Waals surface area contributed by atoms with Crippen molar-refractivity contribution in [3.63, 3.8) is 0 Å². The van der Waals surface area contributed by atoms with Crippen molar-refractivity contribution in [1.29, 1.82) is 0 Å². The van der Waals surface area contributed by atoms with Crippen molar-refractivity contribution in [3.8, 4) is 0 Å². The van der Waals surface area contributed by atoms with Crippen molar-refractivity contribution in [2.45, 2.75) is 39.0 Å². The minimum Gasteiger partial charge on any atom is -0.376 e. The van der Waals surface area contributed by atoms with Crippen LogP contribution in [-0.4, -0.2) is 39.6 Å². The van der Waals surface area contributed by atoms with Gasteiger partial charge in [0.2, 0.25) is 0 Å². The second-order valence-corrected chi connectivity index (χ2v) is 8.17. The standard InChI is InChI=1S/C21H23N3O4S/c1-2-24-18-8-7-14(11-17(18)22-19(25)21(24)27)20(26)23(12-15-5-3-9-28-15)13-16-6-4-10-29-16/h4,6-8,10-11,15H,2-3,5,9,12-13H2,1H3,(H,22,25). The van der Waals surface area contributed by atoms with Crippen molar-refractivity contribution in [2.24, 2.45) is 0 Å². The molecule has 152 valence electrons. The van der Waals surface area contributed by atoms with Gasteiger partial charge in [0.15, 0.2) is 0 Å². The average Bonchev–Trinajstić information content (AvgIpc) is 3.42. The van der Waals surface area contributed by atoms with Crippen LogP contribution in [0.25, 0.3) is 11.0 Å². The summed E-state index contributed by atoms with van der Waals surface area (Å²) in [4.78, 5) is 42.8. The summed E-state index contributed by atoms with van der Waals surface area (Å²) < 4.78 is 7.16. The molecule has 1 aromatic carbocycles. The molecule has 1 atom stereocenters. The third kappa shape index (κ3) is 4.04. The Morgan fingerprint density at radius 2 is 2.21 bits per heavy atom. The zero-order chi connectivity index (χ0) is 20.4. The Morgan fingerprint density at radius 1 is 1.34 bits per heavy atom. The van der Waals surface area contributed by atoms with Crippen LogP contribution in [0.2, 0.25) is 0 Å². The summed E-state index contributed by atoms with van der Waals surface area (Å²) in [6.45, 7) is 3.97. The lowest BCUT2D eigenvalue weighted by atomic mass is 10.1. The minimum absolute atomic E-state index is 0.0458. The number of benzene rings is 1. The number of hydrogen-bond acceptors (Lipinski definition) is 5. The summed E-state index contributed by atoms with van der Waals surface area (Å²) in [5, 5.41) is 1.99. The number of ether oxygens (including phenoxy) is 1. The largest absolute Gasteiger partial charge is 0.376 e. The number of carbonyl (C=O) groups is 1. The second kappa shape index (κ2) is 8.34. The van der Waals surface area contributed by atoms with Crippen LogP contribution in [0.4, 0.5) is 0 Å². The molecule has 3 heterocycles. The number of amides is 1. The predicted molar refractivity (Wildman–Crippen MR) is 113 cm³/mol. The van der Waals surface area contributed by atoms with Gasteiger partial charge in [-0.25, -0.2) is 0 Å². The monoisotopic (exact) mass is 413 g/mol. The van der Waals surface area contributed by atoms with E-state index in [4.69, 9.17) is 4.74 Å². The fraction of sp³-hybridized carbons (Fsp3) is 0.381. The zero-order valence-electron chi connectivity index (χ0n) is 16.2. The van der Waals surface area contributed by atoms with Gasteiger partial charge in [0.05, 0.1) is 23.7 Å². The summed E-state index contributed by atoms with van der Waals surface area (Å²) in [6.07, 6.45) is 2.00. The fourth-order valence-electron chi connectivity index (χ4n) is 3.75. The predicted octanol–water partition coefficient (Wildman–Crippen LogP) is 2.59. The van der Waals surface area contributed by atoms with Gasteiger partial charge in [0.1, 0.15) is 0 Å². The van der Waals surface area contributed by atoms with Crippen LogP contribution in [0, 0.1) is 0 Å². The van der Waals surface area contributed by atoms with Crippen LogP contribution >= 0.6 is 11.3 Å². The maximum atomic E-state index is 13.3. The van der Waals surface area contributed by atoms with Crippen LogP contribution in [0.15, 0.2) is 45.3 Å². The second-order valence-electron chi connectivity index (χ2n) is 7.14. The lowest BCUT2D eigenvalue weighted by Crippen LogP contribution is -2.37. The number of thiophene rings is 1. The van der Waals surface area contributed by atoms with Crippen molar-refractivity contribution < 1.29 is 9.53 Å². The number of fused-ring (bicyclic) bond motifs is 1. The van der Waals surface area contributed by atoms with E-state index in [-0.39, 0.29) is 12.0 Å². The van der Waals surface area contributed by atoms with Gasteiger partial charge in [-0.2, -0.15) is 0 Å². The van der Waals surface area contributed by atoms with E-state index in [1.165, 1.54) is 4.57 Å². The molecule has 0 bridgehead atoms. The molecule has 7 nitrogen and oxygen atoms in total. The molecule has 2 aromatic heterocycles. The van der Waals surface area contributed by atoms with E-state index < -0.39 is 11.1 Å². The highest BCUT2D eigenvalue weighted by molar-refractivity contribution is 7.09. The molecule has 1 amide bonds. The van der Waals surface area contributed by atoms with Gasteiger partial charge in [-0.3, -0.25) is 14.4 Å². The molecule has 1 aliphatic heterocycles. The molecule has 3 aromatic rings. The average molecular weight is 413 g/mol. The topological polar surface area (TPSA) is 84.4 Å². The van der Waals surface area contributed by atoms with Gasteiger partial charge in [0, 0.05) is 30.1 Å².